The van der Waals surface area contributed by atoms with Gasteiger partial charge >= 0.3 is 0 Å². The van der Waals surface area contributed by atoms with Gasteiger partial charge in [-0.2, -0.15) is 0 Å². The van der Waals surface area contributed by atoms with Gasteiger partial charge in [-0.15, -0.1) is 0 Å². The van der Waals surface area contributed by atoms with Crippen LogP contribution < -0.4 is 0 Å². The van der Waals surface area contributed by atoms with E-state index in [9.17, 15) is 4.79 Å². The topological polar surface area (TPSA) is 17.1 Å². The largest absolute Gasteiger partial charge is 0.299 e. The summed E-state index contributed by atoms with van der Waals surface area (Å²) in [5.41, 5.74) is 3.38. The van der Waals surface area contributed by atoms with Crippen LogP contribution in [0.15, 0.2) is 11.6 Å². The highest BCUT2D eigenvalue weighted by Crippen LogP contribution is 2.76. The fourth-order valence-electron chi connectivity index (χ4n) is 10.9. The quantitative estimate of drug-likeness (QED) is 0.387. The van der Waals surface area contributed by atoms with Crippen LogP contribution >= 0.6 is 0 Å². The molecule has 174 valence electrons. The molecule has 5 rings (SSSR count). The Morgan fingerprint density at radius 1 is 0.839 bits per heavy atom. The van der Waals surface area contributed by atoms with E-state index in [1.165, 1.54) is 44.9 Å². The highest BCUT2D eigenvalue weighted by molar-refractivity contribution is 5.85. The minimum atomic E-state index is -0.129. The van der Waals surface area contributed by atoms with Gasteiger partial charge in [-0.3, -0.25) is 4.79 Å². The van der Waals surface area contributed by atoms with Crippen LogP contribution in [0.5, 0.6) is 0 Å². The number of hydrogen-bond donors (Lipinski definition) is 0. The lowest BCUT2D eigenvalue weighted by Gasteiger charge is -2.72. The summed E-state index contributed by atoms with van der Waals surface area (Å²) < 4.78 is 0. The summed E-state index contributed by atoms with van der Waals surface area (Å²) in [4.78, 5) is 12.9. The summed E-state index contributed by atoms with van der Waals surface area (Å²) in [6.07, 6.45) is 14.2. The summed E-state index contributed by atoms with van der Waals surface area (Å²) in [6, 6.07) is 0. The molecule has 0 heterocycles. The molecule has 4 saturated carbocycles. The number of fused-ring (bicyclic) bond motifs is 7. The van der Waals surface area contributed by atoms with Crippen molar-refractivity contribution in [3.63, 3.8) is 0 Å². The number of rotatable bonds is 1. The van der Waals surface area contributed by atoms with Crippen LogP contribution in [0.25, 0.3) is 0 Å². The first-order chi connectivity index (χ1) is 14.3. The van der Waals surface area contributed by atoms with Crippen LogP contribution in [0.2, 0.25) is 0 Å². The summed E-state index contributed by atoms with van der Waals surface area (Å²) in [6.45, 7) is 20.1. The van der Waals surface area contributed by atoms with Crippen LogP contribution in [0.1, 0.15) is 113 Å². The van der Waals surface area contributed by atoms with Gasteiger partial charge in [0.05, 0.1) is 0 Å². The van der Waals surface area contributed by atoms with Crippen LogP contribution in [0, 0.1) is 56.7 Å². The van der Waals surface area contributed by atoms with Gasteiger partial charge in [-0.25, -0.2) is 0 Å². The Kier molecular flexibility index (Phi) is 4.66. The van der Waals surface area contributed by atoms with Crippen LogP contribution in [0.3, 0.4) is 0 Å². The molecule has 0 N–H and O–H groups in total. The summed E-state index contributed by atoms with van der Waals surface area (Å²) in [5, 5.41) is 0. The first kappa shape index (κ1) is 22.2. The average Bonchev–Trinajstić information content (AvgIpc) is 3.04. The lowest BCUT2D eigenvalue weighted by Crippen LogP contribution is -2.66. The zero-order valence-corrected chi connectivity index (χ0v) is 21.7. The van der Waals surface area contributed by atoms with Crippen LogP contribution in [-0.2, 0) is 4.79 Å². The highest BCUT2D eigenvalue weighted by atomic mass is 16.1. The van der Waals surface area contributed by atoms with Crippen molar-refractivity contribution in [1.82, 2.24) is 0 Å². The molecule has 5 aliphatic carbocycles. The summed E-state index contributed by atoms with van der Waals surface area (Å²) >= 11 is 0. The van der Waals surface area contributed by atoms with E-state index >= 15 is 0 Å². The number of Topliss-reactive ketones (excluding diaryl/α,β-unsaturated/α-hetero) is 1. The van der Waals surface area contributed by atoms with Gasteiger partial charge in [-0.1, -0.05) is 67.0 Å². The average molecular weight is 425 g/mol. The molecule has 0 aromatic carbocycles. The molecule has 0 aromatic rings. The minimum absolute atomic E-state index is 0.129. The molecule has 8 atom stereocenters. The van der Waals surface area contributed by atoms with E-state index in [-0.39, 0.29) is 5.41 Å². The maximum atomic E-state index is 12.9. The van der Waals surface area contributed by atoms with E-state index < -0.39 is 0 Å². The zero-order chi connectivity index (χ0) is 22.6. The van der Waals surface area contributed by atoms with Gasteiger partial charge in [0.1, 0.15) is 5.78 Å². The Morgan fingerprint density at radius 3 is 2.23 bits per heavy atom. The Balaban J connectivity index is 1.55. The van der Waals surface area contributed by atoms with Gasteiger partial charge < -0.3 is 0 Å². The van der Waals surface area contributed by atoms with E-state index in [4.69, 9.17) is 0 Å². The SMILES string of the molecule is CC(C)C1=CCC2(C)CCC3(C)C(CCC4C5(C)CCC(=O)C(C)(C)C5CCC43C)C12. The highest BCUT2D eigenvalue weighted by Gasteiger charge is 2.69. The van der Waals surface area contributed by atoms with Gasteiger partial charge in [0.15, 0.2) is 0 Å². The summed E-state index contributed by atoms with van der Waals surface area (Å²) in [7, 11) is 0. The van der Waals surface area contributed by atoms with Crippen molar-refractivity contribution in [2.45, 2.75) is 113 Å². The molecule has 0 bridgehead atoms. The number of allylic oxidation sites excluding steroid dienone is 2. The maximum absolute atomic E-state index is 12.9. The molecule has 0 amide bonds. The Bertz CT molecular complexity index is 818. The van der Waals surface area contributed by atoms with Crippen molar-refractivity contribution < 1.29 is 4.79 Å². The van der Waals surface area contributed by atoms with Crippen LogP contribution in [-0.4, -0.2) is 5.78 Å². The van der Waals surface area contributed by atoms with Crippen molar-refractivity contribution in [2.24, 2.45) is 56.7 Å². The number of carbonyl (C=O) groups excluding carboxylic acids is 1. The lowest BCUT2D eigenvalue weighted by molar-refractivity contribution is -0.228. The van der Waals surface area contributed by atoms with Gasteiger partial charge in [-0.05, 0) is 103 Å². The lowest BCUT2D eigenvalue weighted by atomic mass is 9.32. The normalized spacial score (nSPS) is 53.3. The van der Waals surface area contributed by atoms with Crippen molar-refractivity contribution in [2.75, 3.05) is 0 Å². The molecule has 0 radical (unpaired) electrons. The molecule has 1 heteroatoms. The first-order valence-corrected chi connectivity index (χ1v) is 13.5. The van der Waals surface area contributed by atoms with Crippen LogP contribution in [0.4, 0.5) is 0 Å². The molecule has 5 aliphatic rings. The van der Waals surface area contributed by atoms with Crippen molar-refractivity contribution >= 4 is 5.78 Å². The fourth-order valence-corrected chi connectivity index (χ4v) is 10.9. The second kappa shape index (κ2) is 6.50. The third-order valence-electron chi connectivity index (χ3n) is 12.9. The standard InChI is InChI=1S/C30H48O/c1-19(2)20-11-14-27(5)17-18-29(7)21(25(20)27)9-10-23-28(6)15-13-24(31)26(3,4)22(28)12-16-30(23,29)8/h11,19,21-23,25H,9-10,12-18H2,1-8H3. The van der Waals surface area contributed by atoms with Gasteiger partial charge in [0, 0.05) is 11.8 Å². The van der Waals surface area contributed by atoms with E-state index in [1.807, 2.05) is 0 Å². The van der Waals surface area contributed by atoms with Crippen molar-refractivity contribution in [3.05, 3.63) is 11.6 Å². The predicted octanol–water partition coefficient (Wildman–Crippen LogP) is 8.23. The molecular weight excluding hydrogens is 376 g/mol. The van der Waals surface area contributed by atoms with Crippen molar-refractivity contribution in [3.8, 4) is 0 Å². The molecule has 0 spiro atoms. The number of carbonyl (C=O) groups is 1. The van der Waals surface area contributed by atoms with Gasteiger partial charge in [0.2, 0.25) is 0 Å². The van der Waals surface area contributed by atoms with E-state index in [0.717, 1.165) is 30.6 Å². The van der Waals surface area contributed by atoms with Gasteiger partial charge in [0.25, 0.3) is 0 Å². The van der Waals surface area contributed by atoms with E-state index in [2.05, 4.69) is 61.5 Å². The summed E-state index contributed by atoms with van der Waals surface area (Å²) in [5.74, 6) is 4.24. The number of hydrogen-bond acceptors (Lipinski definition) is 1. The maximum Gasteiger partial charge on any atom is 0.138 e. The molecule has 0 aliphatic heterocycles. The molecule has 1 nitrogen and oxygen atoms in total. The fraction of sp³-hybridized carbons (Fsp3) is 0.900. The molecule has 8 unspecified atom stereocenters. The second-order valence-corrected chi connectivity index (χ2v) is 14.5. The molecule has 0 saturated heterocycles. The monoisotopic (exact) mass is 424 g/mol. The number of ketones is 1. The third kappa shape index (κ3) is 2.59. The van der Waals surface area contributed by atoms with Crippen molar-refractivity contribution in [1.29, 1.82) is 0 Å². The molecule has 0 aromatic heterocycles. The van der Waals surface area contributed by atoms with E-state index in [1.54, 1.807) is 5.57 Å². The molecule has 31 heavy (non-hydrogen) atoms. The zero-order valence-electron chi connectivity index (χ0n) is 21.7. The second-order valence-electron chi connectivity index (χ2n) is 14.5. The Hall–Kier alpha value is -0.590. The minimum Gasteiger partial charge on any atom is -0.299 e. The predicted molar refractivity (Wildman–Crippen MR) is 130 cm³/mol. The molecular formula is C30H48O. The smallest absolute Gasteiger partial charge is 0.138 e. The Morgan fingerprint density at radius 2 is 1.55 bits per heavy atom. The molecule has 4 fully saturated rings. The Labute approximate surface area is 192 Å². The first-order valence-electron chi connectivity index (χ1n) is 13.5. The third-order valence-corrected chi connectivity index (χ3v) is 12.9. The van der Waals surface area contributed by atoms with E-state index in [0.29, 0.717) is 39.3 Å².